The van der Waals surface area contributed by atoms with Crippen LogP contribution in [-0.2, 0) is 7.05 Å². The molecule has 4 heterocycles. The fraction of sp³-hybridized carbons (Fsp3) is 0.292. The number of carbonyl (C=O) groups excluding carboxylic acids is 1. The number of benzene rings is 1. The maximum atomic E-state index is 14.5. The maximum Gasteiger partial charge on any atom is 0.341 e. The predicted octanol–water partition coefficient (Wildman–Crippen LogP) is 3.70. The Morgan fingerprint density at radius 3 is 2.56 bits per heavy atom. The number of likely N-dealkylation sites (tertiary alicyclic amines) is 1. The van der Waals surface area contributed by atoms with Crippen molar-refractivity contribution in [2.24, 2.45) is 12.1 Å². The Morgan fingerprint density at radius 2 is 1.89 bits per heavy atom. The Kier molecular flexibility index (Phi) is 5.83. The molecule has 3 aromatic rings. The topological polar surface area (TPSA) is 99.6 Å². The zero-order valence-electron chi connectivity index (χ0n) is 19.3. The highest BCUT2D eigenvalue weighted by atomic mass is 19.1. The lowest BCUT2D eigenvalue weighted by Crippen LogP contribution is -2.59. The van der Waals surface area contributed by atoms with Crippen LogP contribution in [0.15, 0.2) is 35.4 Å². The minimum atomic E-state index is -0.733. The van der Waals surface area contributed by atoms with Gasteiger partial charge in [-0.05, 0) is 36.8 Å². The lowest BCUT2D eigenvalue weighted by atomic mass is 10.0. The highest BCUT2D eigenvalue weighted by molar-refractivity contribution is 5.79. The van der Waals surface area contributed by atoms with Gasteiger partial charge in [0, 0.05) is 31.3 Å². The van der Waals surface area contributed by atoms with Crippen LogP contribution in [-0.4, -0.2) is 56.1 Å². The van der Waals surface area contributed by atoms with Gasteiger partial charge in [-0.2, -0.15) is 15.5 Å². The molecular weight excluding hydrogens is 475 g/mol. The first-order valence-corrected chi connectivity index (χ1v) is 11.1. The Balaban J connectivity index is 1.26. The number of carbonyl (C=O) groups is 1. The molecule has 1 aromatic carbocycles. The van der Waals surface area contributed by atoms with Crippen molar-refractivity contribution in [1.29, 1.82) is 5.26 Å². The SMILES string of the molecule is Cc1c(C#N)nn(C)c1-c1ccc(F)c(OC2CN(C(=O)N3N=CCC3c3cc(F)cc(F)c3)C2)n1. The van der Waals surface area contributed by atoms with E-state index < -0.39 is 35.6 Å². The van der Waals surface area contributed by atoms with E-state index >= 15 is 0 Å². The molecule has 0 bridgehead atoms. The van der Waals surface area contributed by atoms with Crippen LogP contribution in [0.4, 0.5) is 18.0 Å². The molecule has 2 aliphatic heterocycles. The number of halogens is 3. The third-order valence-corrected chi connectivity index (χ3v) is 6.14. The van der Waals surface area contributed by atoms with Crippen molar-refractivity contribution >= 4 is 12.2 Å². The Morgan fingerprint density at radius 1 is 1.17 bits per heavy atom. The van der Waals surface area contributed by atoms with E-state index in [4.69, 9.17) is 4.74 Å². The van der Waals surface area contributed by atoms with Gasteiger partial charge in [0.2, 0.25) is 0 Å². The number of rotatable bonds is 4. The van der Waals surface area contributed by atoms with Crippen molar-refractivity contribution in [3.8, 4) is 23.3 Å². The molecule has 5 rings (SSSR count). The first-order valence-electron chi connectivity index (χ1n) is 11.1. The minimum absolute atomic E-state index is 0.156. The van der Waals surface area contributed by atoms with Gasteiger partial charge in [0.25, 0.3) is 5.88 Å². The average Bonchev–Trinajstić information content (AvgIpc) is 3.40. The summed E-state index contributed by atoms with van der Waals surface area (Å²) < 4.78 is 49.0. The van der Waals surface area contributed by atoms with Gasteiger partial charge >= 0.3 is 6.03 Å². The number of aromatic nitrogens is 3. The standard InChI is InChI=1S/C24H20F3N7O2/c1-13-20(10-28)31-32(2)22(13)19-4-3-18(27)23(30-19)36-17-11-33(12-17)24(35)34-21(5-6-29-34)14-7-15(25)9-16(26)8-14/h3-4,6-9,17,21H,5,11-12H2,1-2H3. The van der Waals surface area contributed by atoms with Crippen molar-refractivity contribution in [3.63, 3.8) is 0 Å². The normalized spacial score (nSPS) is 17.3. The minimum Gasteiger partial charge on any atom is -0.468 e. The molecular formula is C24H20F3N7O2. The van der Waals surface area contributed by atoms with Gasteiger partial charge in [-0.3, -0.25) is 4.68 Å². The second-order valence-electron chi connectivity index (χ2n) is 8.57. The Bertz CT molecular complexity index is 1410. The number of hydrogen-bond donors (Lipinski definition) is 0. The van der Waals surface area contributed by atoms with Crippen LogP contribution >= 0.6 is 0 Å². The van der Waals surface area contributed by atoms with E-state index in [0.29, 0.717) is 28.9 Å². The predicted molar refractivity (Wildman–Crippen MR) is 121 cm³/mol. The second-order valence-corrected chi connectivity index (χ2v) is 8.57. The molecule has 2 aromatic heterocycles. The molecule has 36 heavy (non-hydrogen) atoms. The number of hydrogen-bond acceptors (Lipinski definition) is 6. The maximum absolute atomic E-state index is 14.5. The average molecular weight is 495 g/mol. The molecule has 1 unspecified atom stereocenters. The van der Waals surface area contributed by atoms with E-state index in [9.17, 15) is 23.2 Å². The zero-order chi connectivity index (χ0) is 25.6. The summed E-state index contributed by atoms with van der Waals surface area (Å²) in [6, 6.07) is 6.75. The number of amides is 2. The molecule has 1 fully saturated rings. The summed E-state index contributed by atoms with van der Waals surface area (Å²) in [5.41, 5.74) is 2.13. The molecule has 0 saturated carbocycles. The van der Waals surface area contributed by atoms with Crippen LogP contribution in [0.1, 0.15) is 29.3 Å². The molecule has 1 atom stereocenters. The van der Waals surface area contributed by atoms with Crippen LogP contribution < -0.4 is 4.74 Å². The Hall–Kier alpha value is -4.40. The van der Waals surface area contributed by atoms with Gasteiger partial charge in [-0.15, -0.1) is 0 Å². The molecule has 0 spiro atoms. The van der Waals surface area contributed by atoms with Crippen LogP contribution in [0.2, 0.25) is 0 Å². The second kappa shape index (κ2) is 8.99. The fourth-order valence-electron chi connectivity index (χ4n) is 4.35. The third kappa shape index (κ3) is 4.13. The first-order chi connectivity index (χ1) is 17.2. The number of hydrazone groups is 1. The van der Waals surface area contributed by atoms with E-state index in [1.54, 1.807) is 14.0 Å². The van der Waals surface area contributed by atoms with E-state index in [1.165, 1.54) is 45.1 Å². The lowest BCUT2D eigenvalue weighted by Gasteiger charge is -2.40. The molecule has 1 saturated heterocycles. The lowest BCUT2D eigenvalue weighted by molar-refractivity contribution is 0.0231. The van der Waals surface area contributed by atoms with E-state index in [1.807, 2.05) is 6.07 Å². The summed E-state index contributed by atoms with van der Waals surface area (Å²) in [6.07, 6.45) is 1.33. The van der Waals surface area contributed by atoms with Gasteiger partial charge in [0.1, 0.15) is 23.8 Å². The molecule has 9 nitrogen and oxygen atoms in total. The van der Waals surface area contributed by atoms with Gasteiger partial charge in [0.15, 0.2) is 11.5 Å². The van der Waals surface area contributed by atoms with Gasteiger partial charge < -0.3 is 9.64 Å². The van der Waals surface area contributed by atoms with Crippen LogP contribution in [0, 0.1) is 35.7 Å². The first kappa shape index (κ1) is 23.3. The summed E-state index contributed by atoms with van der Waals surface area (Å²) in [4.78, 5) is 18.7. The molecule has 0 radical (unpaired) electrons. The third-order valence-electron chi connectivity index (χ3n) is 6.14. The van der Waals surface area contributed by atoms with Crippen LogP contribution in [0.3, 0.4) is 0 Å². The Labute approximate surface area is 204 Å². The zero-order valence-corrected chi connectivity index (χ0v) is 19.3. The largest absolute Gasteiger partial charge is 0.468 e. The molecule has 0 N–H and O–H groups in total. The molecule has 2 amide bonds. The number of nitrogens with zero attached hydrogens (tertiary/aromatic N) is 7. The van der Waals surface area contributed by atoms with E-state index in [-0.39, 0.29) is 24.7 Å². The fourth-order valence-corrected chi connectivity index (χ4v) is 4.35. The van der Waals surface area contributed by atoms with Crippen molar-refractivity contribution in [2.45, 2.75) is 25.5 Å². The summed E-state index contributed by atoms with van der Waals surface area (Å²) in [7, 11) is 1.66. The van der Waals surface area contributed by atoms with Gasteiger partial charge in [-0.25, -0.2) is 28.0 Å². The smallest absolute Gasteiger partial charge is 0.341 e. The number of urea groups is 1. The number of aryl methyl sites for hydroxylation is 1. The number of nitriles is 1. The van der Waals surface area contributed by atoms with E-state index in [0.717, 1.165) is 6.07 Å². The van der Waals surface area contributed by atoms with Gasteiger partial charge in [-0.1, -0.05) is 0 Å². The molecule has 184 valence electrons. The van der Waals surface area contributed by atoms with Gasteiger partial charge in [0.05, 0.1) is 30.5 Å². The van der Waals surface area contributed by atoms with Crippen LogP contribution in [0.5, 0.6) is 5.88 Å². The molecule has 12 heteroatoms. The summed E-state index contributed by atoms with van der Waals surface area (Å²) >= 11 is 0. The van der Waals surface area contributed by atoms with Crippen LogP contribution in [0.25, 0.3) is 11.4 Å². The summed E-state index contributed by atoms with van der Waals surface area (Å²) in [5.74, 6) is -2.36. The van der Waals surface area contributed by atoms with Crippen molar-refractivity contribution in [2.75, 3.05) is 13.1 Å². The highest BCUT2D eigenvalue weighted by Gasteiger charge is 2.39. The summed E-state index contributed by atoms with van der Waals surface area (Å²) in [5, 5.41) is 18.6. The molecule has 0 aliphatic carbocycles. The molecule has 2 aliphatic rings. The number of pyridine rings is 1. The monoisotopic (exact) mass is 495 g/mol. The highest BCUT2D eigenvalue weighted by Crippen LogP contribution is 2.32. The summed E-state index contributed by atoms with van der Waals surface area (Å²) in [6.45, 7) is 2.04. The van der Waals surface area contributed by atoms with Crippen molar-refractivity contribution in [3.05, 3.63) is 64.6 Å². The van der Waals surface area contributed by atoms with E-state index in [2.05, 4.69) is 15.2 Å². The number of ether oxygens (including phenoxy) is 1. The quantitative estimate of drug-likeness (QED) is 0.550. The van der Waals surface area contributed by atoms with Crippen molar-refractivity contribution < 1.29 is 22.7 Å². The van der Waals surface area contributed by atoms with Crippen molar-refractivity contribution in [1.82, 2.24) is 24.7 Å².